The second-order valence-electron chi connectivity index (χ2n) is 8.81. The van der Waals surface area contributed by atoms with Gasteiger partial charge in [-0.05, 0) is 48.9 Å². The van der Waals surface area contributed by atoms with E-state index in [1.807, 2.05) is 30.3 Å². The van der Waals surface area contributed by atoms with Gasteiger partial charge < -0.3 is 19.2 Å². The number of nitrogens with one attached hydrogen (secondary N) is 1. The predicted molar refractivity (Wildman–Crippen MR) is 132 cm³/mol. The number of nitrogens with zero attached hydrogens (tertiary/aromatic N) is 2. The zero-order chi connectivity index (χ0) is 23.3. The van der Waals surface area contributed by atoms with Gasteiger partial charge in [-0.3, -0.25) is 9.69 Å². The molecule has 2 N–H and O–H groups in total. The van der Waals surface area contributed by atoms with E-state index in [9.17, 15) is 9.90 Å². The molecule has 1 atom stereocenters. The van der Waals surface area contributed by atoms with Crippen molar-refractivity contribution >= 4 is 21.6 Å². The van der Waals surface area contributed by atoms with Crippen LogP contribution in [0.25, 0.3) is 10.2 Å². The number of benzene rings is 1. The molecule has 7 nitrogen and oxygen atoms in total. The lowest BCUT2D eigenvalue weighted by molar-refractivity contribution is 0.00217. The molecule has 178 valence electrons. The molecule has 3 aromatic heterocycles. The van der Waals surface area contributed by atoms with Gasteiger partial charge in [-0.2, -0.15) is 0 Å². The molecule has 1 aliphatic carbocycles. The van der Waals surface area contributed by atoms with Gasteiger partial charge in [-0.15, -0.1) is 11.3 Å². The number of fused-ring (bicyclic) bond motifs is 3. The van der Waals surface area contributed by atoms with Crippen LogP contribution in [-0.4, -0.2) is 39.2 Å². The molecule has 8 heteroatoms. The highest BCUT2D eigenvalue weighted by molar-refractivity contribution is 7.18. The standard InChI is InChI=1S/C26H29N3O4S/c30-19(16-32-17-20-9-6-12-33-20)14-29(13-18-7-2-1-3-8-18)15-23-27-25(31)24-21-10-4-5-11-22(21)34-26(24)28-23/h1-3,6-9,12,19,30H,4-5,10-11,13-17H2,(H,27,28,31)/t19-/m1/s1. The van der Waals surface area contributed by atoms with E-state index in [0.29, 0.717) is 32.1 Å². The van der Waals surface area contributed by atoms with Crippen LogP contribution in [0, 0.1) is 0 Å². The number of ether oxygens (including phenoxy) is 1. The third kappa shape index (κ3) is 5.47. The van der Waals surface area contributed by atoms with Crippen molar-refractivity contribution in [3.8, 4) is 0 Å². The van der Waals surface area contributed by atoms with Crippen molar-refractivity contribution in [3.05, 3.63) is 86.7 Å². The van der Waals surface area contributed by atoms with Gasteiger partial charge in [0, 0.05) is 18.0 Å². The number of aliphatic hydroxyl groups excluding tert-OH is 1. The Morgan fingerprint density at radius 1 is 1.15 bits per heavy atom. The number of hydrogen-bond donors (Lipinski definition) is 2. The average Bonchev–Trinajstić information content (AvgIpc) is 3.47. The lowest BCUT2D eigenvalue weighted by Gasteiger charge is -2.24. The SMILES string of the molecule is O=c1[nH]c(CN(Cc2ccccc2)C[C@@H](O)COCc2ccco2)nc2sc3c(c12)CCCC3. The zero-order valence-electron chi connectivity index (χ0n) is 19.0. The van der Waals surface area contributed by atoms with E-state index in [1.165, 1.54) is 16.9 Å². The molecule has 0 radical (unpaired) electrons. The fraction of sp³-hybridized carbons (Fsp3) is 0.385. The first-order chi connectivity index (χ1) is 16.7. The van der Waals surface area contributed by atoms with Crippen LogP contribution in [0.15, 0.2) is 57.9 Å². The molecule has 0 spiro atoms. The van der Waals surface area contributed by atoms with Crippen LogP contribution >= 0.6 is 11.3 Å². The summed E-state index contributed by atoms with van der Waals surface area (Å²) >= 11 is 1.65. The number of aromatic amines is 1. The Kier molecular flexibility index (Phi) is 7.20. The second kappa shape index (κ2) is 10.7. The maximum atomic E-state index is 13.0. The average molecular weight is 480 g/mol. The number of furan rings is 1. The topological polar surface area (TPSA) is 91.6 Å². The van der Waals surface area contributed by atoms with Crippen LogP contribution < -0.4 is 5.56 Å². The Morgan fingerprint density at radius 2 is 2.00 bits per heavy atom. The Balaban J connectivity index is 1.31. The molecule has 4 aromatic rings. The highest BCUT2D eigenvalue weighted by Gasteiger charge is 2.21. The van der Waals surface area contributed by atoms with E-state index in [0.717, 1.165) is 40.8 Å². The minimum Gasteiger partial charge on any atom is -0.467 e. The second-order valence-corrected chi connectivity index (χ2v) is 9.89. The van der Waals surface area contributed by atoms with E-state index in [2.05, 4.69) is 22.0 Å². The van der Waals surface area contributed by atoms with E-state index in [4.69, 9.17) is 14.1 Å². The van der Waals surface area contributed by atoms with Crippen molar-refractivity contribution in [2.75, 3.05) is 13.2 Å². The minimum atomic E-state index is -0.692. The maximum Gasteiger partial charge on any atom is 0.259 e. The Hall–Kier alpha value is -2.78. The third-order valence-corrected chi connectivity index (χ3v) is 7.29. The number of H-pyrrole nitrogens is 1. The lowest BCUT2D eigenvalue weighted by atomic mass is 9.97. The van der Waals surface area contributed by atoms with Gasteiger partial charge in [0.25, 0.3) is 5.56 Å². The summed E-state index contributed by atoms with van der Waals surface area (Å²) in [6.45, 7) is 1.94. The normalized spacial score (nSPS) is 14.5. The molecule has 0 saturated carbocycles. The molecule has 0 unspecified atom stereocenters. The van der Waals surface area contributed by atoms with E-state index < -0.39 is 6.10 Å². The van der Waals surface area contributed by atoms with Gasteiger partial charge in [-0.25, -0.2) is 4.98 Å². The maximum absolute atomic E-state index is 13.0. The molecule has 1 aromatic carbocycles. The molecule has 0 saturated heterocycles. The Labute approximate surface area is 202 Å². The molecule has 0 fully saturated rings. The van der Waals surface area contributed by atoms with Gasteiger partial charge in [0.05, 0.1) is 30.9 Å². The summed E-state index contributed by atoms with van der Waals surface area (Å²) < 4.78 is 10.9. The molecule has 0 aliphatic heterocycles. The molecule has 0 amide bonds. The summed E-state index contributed by atoms with van der Waals surface area (Å²) in [5.41, 5.74) is 2.26. The van der Waals surface area contributed by atoms with Gasteiger partial charge in [0.2, 0.25) is 0 Å². The van der Waals surface area contributed by atoms with Gasteiger partial charge >= 0.3 is 0 Å². The van der Waals surface area contributed by atoms with E-state index in [1.54, 1.807) is 17.6 Å². The quantitative estimate of drug-likeness (QED) is 0.357. The first-order valence-corrected chi connectivity index (χ1v) is 12.6. The van der Waals surface area contributed by atoms with Gasteiger partial charge in [-0.1, -0.05) is 30.3 Å². The number of aromatic nitrogens is 2. The van der Waals surface area contributed by atoms with Gasteiger partial charge in [0.15, 0.2) is 0 Å². The van der Waals surface area contributed by atoms with Crippen molar-refractivity contribution in [1.82, 2.24) is 14.9 Å². The Morgan fingerprint density at radius 3 is 2.82 bits per heavy atom. The smallest absolute Gasteiger partial charge is 0.259 e. The van der Waals surface area contributed by atoms with Crippen LogP contribution in [0.3, 0.4) is 0 Å². The molecule has 0 bridgehead atoms. The van der Waals surface area contributed by atoms with Crippen molar-refractivity contribution < 1.29 is 14.3 Å². The summed E-state index contributed by atoms with van der Waals surface area (Å²) in [5.74, 6) is 1.35. The summed E-state index contributed by atoms with van der Waals surface area (Å²) in [5, 5.41) is 11.4. The van der Waals surface area contributed by atoms with E-state index >= 15 is 0 Å². The van der Waals surface area contributed by atoms with E-state index in [-0.39, 0.29) is 12.2 Å². The fourth-order valence-corrected chi connectivity index (χ4v) is 5.84. The predicted octanol–water partition coefficient (Wildman–Crippen LogP) is 4.04. The first-order valence-electron chi connectivity index (χ1n) is 11.7. The molecule has 3 heterocycles. The minimum absolute atomic E-state index is 0.0543. The number of hydrogen-bond acceptors (Lipinski definition) is 7. The number of rotatable bonds is 10. The first kappa shape index (κ1) is 23.0. The summed E-state index contributed by atoms with van der Waals surface area (Å²) in [7, 11) is 0. The van der Waals surface area contributed by atoms with Crippen LogP contribution in [0.5, 0.6) is 0 Å². The van der Waals surface area contributed by atoms with Crippen molar-refractivity contribution in [1.29, 1.82) is 0 Å². The number of aliphatic hydroxyl groups is 1. The molecular formula is C26H29N3O4S. The Bertz CT molecular complexity index is 1270. The molecule has 5 rings (SSSR count). The lowest BCUT2D eigenvalue weighted by Crippen LogP contribution is -2.35. The summed E-state index contributed by atoms with van der Waals surface area (Å²) in [6, 6.07) is 13.7. The van der Waals surface area contributed by atoms with Crippen molar-refractivity contribution in [2.45, 2.75) is 51.5 Å². The monoisotopic (exact) mass is 479 g/mol. The largest absolute Gasteiger partial charge is 0.467 e. The highest BCUT2D eigenvalue weighted by Crippen LogP contribution is 2.33. The third-order valence-electron chi connectivity index (χ3n) is 6.10. The van der Waals surface area contributed by atoms with Crippen LogP contribution in [0.1, 0.15) is 40.4 Å². The van der Waals surface area contributed by atoms with Crippen LogP contribution in [0.2, 0.25) is 0 Å². The zero-order valence-corrected chi connectivity index (χ0v) is 19.9. The van der Waals surface area contributed by atoms with Crippen molar-refractivity contribution in [3.63, 3.8) is 0 Å². The number of aryl methyl sites for hydroxylation is 2. The van der Waals surface area contributed by atoms with Crippen LogP contribution in [-0.2, 0) is 37.3 Å². The summed E-state index contributed by atoms with van der Waals surface area (Å²) in [6.07, 6.45) is 5.22. The van der Waals surface area contributed by atoms with Crippen molar-refractivity contribution in [2.24, 2.45) is 0 Å². The number of thiophene rings is 1. The highest BCUT2D eigenvalue weighted by atomic mass is 32.1. The van der Waals surface area contributed by atoms with Crippen LogP contribution in [0.4, 0.5) is 0 Å². The molecule has 1 aliphatic rings. The molecule has 34 heavy (non-hydrogen) atoms. The molecular weight excluding hydrogens is 450 g/mol. The fourth-order valence-electron chi connectivity index (χ4n) is 4.56. The summed E-state index contributed by atoms with van der Waals surface area (Å²) in [4.78, 5) is 25.0. The van der Waals surface area contributed by atoms with Gasteiger partial charge in [0.1, 0.15) is 23.0 Å².